The predicted molar refractivity (Wildman–Crippen MR) is 196 cm³/mol. The zero-order chi connectivity index (χ0) is 38.3. The molecule has 3 aromatic carbocycles. The maximum Gasteiger partial charge on any atom is 0.410 e. The topological polar surface area (TPSA) is 199 Å². The van der Waals surface area contributed by atoms with E-state index in [9.17, 15) is 33.9 Å². The number of aliphatic hydroxyl groups excluding tert-OH is 1. The monoisotopic (exact) mass is 729 g/mol. The summed E-state index contributed by atoms with van der Waals surface area (Å²) in [5.74, 6) is -3.53. The van der Waals surface area contributed by atoms with Gasteiger partial charge in [-0.25, -0.2) is 9.59 Å². The van der Waals surface area contributed by atoms with Gasteiger partial charge in [0.05, 0.1) is 24.5 Å². The molecular formula is C38H47N7O8. The van der Waals surface area contributed by atoms with Gasteiger partial charge >= 0.3 is 12.1 Å². The molecule has 1 saturated heterocycles. The van der Waals surface area contributed by atoms with Crippen molar-refractivity contribution in [1.29, 1.82) is 0 Å². The number of nitrogens with one attached hydrogen (secondary N) is 5. The molecule has 0 aromatic heterocycles. The first-order valence-corrected chi connectivity index (χ1v) is 17.4. The number of nitrogens with zero attached hydrogens (tertiary/aromatic N) is 2. The Labute approximate surface area is 308 Å². The molecule has 1 heterocycles. The molecule has 2 unspecified atom stereocenters. The molecule has 0 saturated carbocycles. The Balaban J connectivity index is 1.40. The van der Waals surface area contributed by atoms with Crippen LogP contribution in [-0.2, 0) is 30.5 Å². The number of aliphatic hydroxyl groups is 1. The number of urea groups is 1. The minimum Gasteiger partial charge on any atom is -0.445 e. The Morgan fingerprint density at radius 1 is 0.868 bits per heavy atom. The first-order chi connectivity index (χ1) is 25.5. The lowest BCUT2D eigenvalue weighted by atomic mass is 9.99. The highest BCUT2D eigenvalue weighted by Crippen LogP contribution is 2.21. The summed E-state index contributed by atoms with van der Waals surface area (Å²) in [5, 5.41) is 24.3. The fourth-order valence-electron chi connectivity index (χ4n) is 5.80. The van der Waals surface area contributed by atoms with Gasteiger partial charge < -0.3 is 46.2 Å². The molecule has 5 atom stereocenters. The lowest BCUT2D eigenvalue weighted by molar-refractivity contribution is -0.136. The van der Waals surface area contributed by atoms with Crippen LogP contribution < -0.4 is 26.6 Å². The van der Waals surface area contributed by atoms with Crippen molar-refractivity contribution < 1.29 is 38.6 Å². The van der Waals surface area contributed by atoms with E-state index in [1.165, 1.54) is 9.80 Å². The number of benzene rings is 3. The van der Waals surface area contributed by atoms with E-state index in [1.807, 2.05) is 18.2 Å². The van der Waals surface area contributed by atoms with E-state index in [2.05, 4.69) is 26.6 Å². The summed E-state index contributed by atoms with van der Waals surface area (Å²) in [6, 6.07) is 22.9. The lowest BCUT2D eigenvalue weighted by Gasteiger charge is -2.26. The molecule has 1 fully saturated rings. The Morgan fingerprint density at radius 2 is 1.49 bits per heavy atom. The van der Waals surface area contributed by atoms with Crippen molar-refractivity contribution in [3.63, 3.8) is 0 Å². The van der Waals surface area contributed by atoms with Gasteiger partial charge in [-0.1, -0.05) is 92.2 Å². The Kier molecular flexibility index (Phi) is 14.7. The van der Waals surface area contributed by atoms with E-state index in [-0.39, 0.29) is 32.0 Å². The summed E-state index contributed by atoms with van der Waals surface area (Å²) >= 11 is 0. The molecule has 1 aliphatic rings. The molecule has 6 N–H and O–H groups in total. The number of ether oxygens (including phenoxy) is 1. The van der Waals surface area contributed by atoms with Crippen molar-refractivity contribution in [2.45, 2.75) is 50.6 Å². The average molecular weight is 730 g/mol. The summed E-state index contributed by atoms with van der Waals surface area (Å²) < 4.78 is 5.48. The van der Waals surface area contributed by atoms with Gasteiger partial charge in [-0.05, 0) is 29.7 Å². The van der Waals surface area contributed by atoms with E-state index in [0.29, 0.717) is 17.7 Å². The second-order valence-electron chi connectivity index (χ2n) is 12.8. The zero-order valence-electron chi connectivity index (χ0n) is 30.0. The van der Waals surface area contributed by atoms with Crippen molar-refractivity contribution in [2.24, 2.45) is 5.92 Å². The van der Waals surface area contributed by atoms with Gasteiger partial charge in [0.15, 0.2) is 6.10 Å². The summed E-state index contributed by atoms with van der Waals surface area (Å²) in [6.07, 6.45) is -1.75. The Morgan fingerprint density at radius 3 is 2.11 bits per heavy atom. The van der Waals surface area contributed by atoms with Crippen LogP contribution in [-0.4, -0.2) is 103 Å². The van der Waals surface area contributed by atoms with Crippen LogP contribution in [0.5, 0.6) is 0 Å². The van der Waals surface area contributed by atoms with E-state index in [4.69, 9.17) is 4.74 Å². The first-order valence-electron chi connectivity index (χ1n) is 17.4. The van der Waals surface area contributed by atoms with Crippen molar-refractivity contribution in [2.75, 3.05) is 39.0 Å². The summed E-state index contributed by atoms with van der Waals surface area (Å²) in [4.78, 5) is 81.2. The van der Waals surface area contributed by atoms with Gasteiger partial charge in [0, 0.05) is 32.9 Å². The number of anilines is 1. The van der Waals surface area contributed by atoms with Gasteiger partial charge in [-0.3, -0.25) is 19.2 Å². The van der Waals surface area contributed by atoms with Crippen LogP contribution in [0.15, 0.2) is 91.0 Å². The molecule has 3 aromatic rings. The third kappa shape index (κ3) is 11.8. The number of carbonyl (C=O) groups is 6. The third-order valence-corrected chi connectivity index (χ3v) is 8.59. The fraction of sp³-hybridized carbons (Fsp3) is 0.368. The van der Waals surface area contributed by atoms with Crippen LogP contribution in [0.1, 0.15) is 36.9 Å². The number of rotatable bonds is 15. The zero-order valence-corrected chi connectivity index (χ0v) is 30.0. The number of likely N-dealkylation sites (tertiary alicyclic amines) is 1. The minimum atomic E-state index is -1.75. The average Bonchev–Trinajstić information content (AvgIpc) is 3.59. The van der Waals surface area contributed by atoms with Crippen LogP contribution in [0.3, 0.4) is 0 Å². The second-order valence-corrected chi connectivity index (χ2v) is 12.8. The molecule has 282 valence electrons. The largest absolute Gasteiger partial charge is 0.445 e. The molecule has 0 radical (unpaired) electrons. The first kappa shape index (κ1) is 39.8. The van der Waals surface area contributed by atoms with Gasteiger partial charge in [0.2, 0.25) is 17.7 Å². The van der Waals surface area contributed by atoms with Crippen molar-refractivity contribution in [1.82, 2.24) is 31.1 Å². The molecule has 15 heteroatoms. The van der Waals surface area contributed by atoms with Crippen LogP contribution in [0.4, 0.5) is 15.3 Å². The minimum absolute atomic E-state index is 0.0103. The number of hydrogen-bond acceptors (Lipinski definition) is 8. The molecule has 4 rings (SSSR count). The highest BCUT2D eigenvalue weighted by Gasteiger charge is 2.42. The molecule has 0 spiro atoms. The SMILES string of the molecule is CCC[C@H](NC(=O)[C@@H]1CN(C(=O)OCc2ccccc2)C[C@@H]1NC(=O)Nc1ccccc1)C(O)C(=O)NCC(=O)NC(C(=O)N(C)C)c1ccccc1. The Hall–Kier alpha value is -5.96. The lowest BCUT2D eigenvalue weighted by Crippen LogP contribution is -2.55. The molecule has 15 nitrogen and oxygen atoms in total. The van der Waals surface area contributed by atoms with E-state index in [0.717, 1.165) is 5.56 Å². The summed E-state index contributed by atoms with van der Waals surface area (Å²) in [5.41, 5.74) is 1.85. The van der Waals surface area contributed by atoms with Crippen LogP contribution in [0.25, 0.3) is 0 Å². The van der Waals surface area contributed by atoms with Crippen LogP contribution >= 0.6 is 0 Å². The highest BCUT2D eigenvalue weighted by molar-refractivity contribution is 5.92. The number of likely N-dealkylation sites (N-methyl/N-ethyl adjacent to an activating group) is 1. The fourth-order valence-corrected chi connectivity index (χ4v) is 5.80. The van der Waals surface area contributed by atoms with Crippen molar-refractivity contribution >= 4 is 41.4 Å². The van der Waals surface area contributed by atoms with Crippen molar-refractivity contribution in [3.8, 4) is 0 Å². The standard InChI is InChI=1S/C38H47N7O8/c1-4-14-29(33(47)35(49)39-21-31(46)43-32(36(50)44(2)3)26-17-10-6-11-18-26)41-34(48)28-22-45(38(52)53-24-25-15-8-5-9-16-25)23-30(28)42-37(51)40-27-19-12-7-13-20-27/h5-13,15-20,28-30,32-33,47H,4,14,21-24H2,1-3H3,(H,39,49)(H,41,48)(H,43,46)(H2,40,42,51)/t28-,29+,30+,32?,33?/m1/s1. The smallest absolute Gasteiger partial charge is 0.410 e. The molecular weight excluding hydrogens is 682 g/mol. The maximum absolute atomic E-state index is 13.8. The molecule has 0 aliphatic carbocycles. The number of amides is 7. The van der Waals surface area contributed by atoms with Crippen molar-refractivity contribution in [3.05, 3.63) is 102 Å². The van der Waals surface area contributed by atoms with E-state index >= 15 is 0 Å². The molecule has 7 amide bonds. The number of carbonyl (C=O) groups excluding carboxylic acids is 6. The Bertz CT molecular complexity index is 1690. The molecule has 1 aliphatic heterocycles. The van der Waals surface area contributed by atoms with Gasteiger partial charge in [0.25, 0.3) is 5.91 Å². The van der Waals surface area contributed by atoms with Gasteiger partial charge in [-0.2, -0.15) is 0 Å². The number of hydrogen-bond donors (Lipinski definition) is 6. The van der Waals surface area contributed by atoms with Gasteiger partial charge in [0.1, 0.15) is 12.6 Å². The number of para-hydroxylation sites is 1. The van der Waals surface area contributed by atoms with Crippen LogP contribution in [0.2, 0.25) is 0 Å². The van der Waals surface area contributed by atoms with E-state index in [1.54, 1.807) is 93.8 Å². The molecule has 53 heavy (non-hydrogen) atoms. The molecule has 0 bridgehead atoms. The summed E-state index contributed by atoms with van der Waals surface area (Å²) in [7, 11) is 3.12. The van der Waals surface area contributed by atoms with E-state index < -0.39 is 66.5 Å². The highest BCUT2D eigenvalue weighted by atomic mass is 16.6. The maximum atomic E-state index is 13.8. The van der Waals surface area contributed by atoms with Gasteiger partial charge in [-0.15, -0.1) is 0 Å². The summed E-state index contributed by atoms with van der Waals surface area (Å²) in [6.45, 7) is 1.13. The van der Waals surface area contributed by atoms with Crippen LogP contribution in [0, 0.1) is 5.92 Å². The normalized spacial score (nSPS) is 16.6. The second kappa shape index (κ2) is 19.6. The third-order valence-electron chi connectivity index (χ3n) is 8.59. The quantitative estimate of drug-likeness (QED) is 0.137. The predicted octanol–water partition coefficient (Wildman–Crippen LogP) is 2.15.